The number of halogens is 1. The smallest absolute Gasteiger partial charge is 0.174 e. The monoisotopic (exact) mass is 155 g/mol. The van der Waals surface area contributed by atoms with Gasteiger partial charge >= 0.3 is 0 Å². The number of aromatic nitrogens is 1. The third-order valence-corrected chi connectivity index (χ3v) is 1.28. The van der Waals surface area contributed by atoms with Crippen LogP contribution in [-0.2, 0) is 0 Å². The van der Waals surface area contributed by atoms with Crippen molar-refractivity contribution in [2.75, 3.05) is 0 Å². The van der Waals surface area contributed by atoms with Gasteiger partial charge in [0.25, 0.3) is 0 Å². The zero-order valence-corrected chi connectivity index (χ0v) is 5.92. The van der Waals surface area contributed by atoms with Crippen LogP contribution in [0, 0.1) is 0 Å². The largest absolute Gasteiger partial charge is 0.322 e. The highest BCUT2D eigenvalue weighted by molar-refractivity contribution is 6.69. The third kappa shape index (κ3) is 1.45. The Morgan fingerprint density at radius 1 is 1.60 bits per heavy atom. The van der Waals surface area contributed by atoms with Gasteiger partial charge in [0, 0.05) is 6.20 Å². The number of pyridine rings is 1. The summed E-state index contributed by atoms with van der Waals surface area (Å²) in [5.74, 6) is 4.92. The molecule has 0 spiro atoms. The minimum absolute atomic E-state index is 0.223. The number of hydrogen-bond acceptors (Lipinski definition) is 3. The van der Waals surface area contributed by atoms with Crippen LogP contribution in [0.15, 0.2) is 29.5 Å². The summed E-state index contributed by atoms with van der Waals surface area (Å²) in [6.07, 6.45) is 1.63. The van der Waals surface area contributed by atoms with E-state index in [2.05, 4.69) is 10.1 Å². The first-order valence-corrected chi connectivity index (χ1v) is 3.07. The zero-order chi connectivity index (χ0) is 7.40. The van der Waals surface area contributed by atoms with E-state index in [1.54, 1.807) is 18.3 Å². The van der Waals surface area contributed by atoms with Crippen molar-refractivity contribution >= 4 is 16.8 Å². The maximum Gasteiger partial charge on any atom is 0.174 e. The second-order valence-electron chi connectivity index (χ2n) is 1.63. The summed E-state index contributed by atoms with van der Waals surface area (Å²) < 4.78 is 0. The Balaban J connectivity index is 2.96. The molecule has 0 unspecified atom stereocenters. The van der Waals surface area contributed by atoms with Crippen LogP contribution < -0.4 is 5.84 Å². The number of rotatable bonds is 1. The normalized spacial score (nSPS) is 11.5. The molecule has 2 N–H and O–H groups in total. The molecule has 0 saturated heterocycles. The lowest BCUT2D eigenvalue weighted by Crippen LogP contribution is -1.97. The van der Waals surface area contributed by atoms with Gasteiger partial charge < -0.3 is 5.84 Å². The minimum Gasteiger partial charge on any atom is -0.322 e. The molecule has 0 aliphatic rings. The summed E-state index contributed by atoms with van der Waals surface area (Å²) in [4.78, 5) is 3.91. The van der Waals surface area contributed by atoms with Crippen LogP contribution in [0.1, 0.15) is 5.69 Å². The molecule has 52 valence electrons. The Labute approximate surface area is 63.5 Å². The molecule has 0 bridgehead atoms. The minimum atomic E-state index is 0.223. The van der Waals surface area contributed by atoms with Crippen LogP contribution in [0.5, 0.6) is 0 Å². The SMILES string of the molecule is NN=C(Cl)c1ccccn1. The second-order valence-corrected chi connectivity index (χ2v) is 1.99. The molecular weight excluding hydrogens is 150 g/mol. The van der Waals surface area contributed by atoms with Crippen molar-refractivity contribution in [3.63, 3.8) is 0 Å². The van der Waals surface area contributed by atoms with Gasteiger partial charge in [-0.15, -0.1) is 0 Å². The molecular formula is C6H6ClN3. The summed E-state index contributed by atoms with van der Waals surface area (Å²) in [6.45, 7) is 0. The molecule has 3 nitrogen and oxygen atoms in total. The fourth-order valence-corrected chi connectivity index (χ4v) is 0.663. The van der Waals surface area contributed by atoms with Crippen molar-refractivity contribution in [3.05, 3.63) is 30.1 Å². The molecule has 1 rings (SSSR count). The van der Waals surface area contributed by atoms with Crippen LogP contribution in [0.4, 0.5) is 0 Å². The van der Waals surface area contributed by atoms with Crippen LogP contribution in [-0.4, -0.2) is 10.2 Å². The molecule has 4 heteroatoms. The Kier molecular flexibility index (Phi) is 2.23. The van der Waals surface area contributed by atoms with Gasteiger partial charge in [-0.2, -0.15) is 5.10 Å². The molecule has 10 heavy (non-hydrogen) atoms. The van der Waals surface area contributed by atoms with Gasteiger partial charge in [0.15, 0.2) is 5.17 Å². The van der Waals surface area contributed by atoms with E-state index in [1.807, 2.05) is 6.07 Å². The molecule has 0 amide bonds. The quantitative estimate of drug-likeness (QED) is 0.373. The standard InChI is InChI=1S/C6H6ClN3/c7-6(10-8)5-3-1-2-4-9-5/h1-4H,8H2. The summed E-state index contributed by atoms with van der Waals surface area (Å²) in [5.41, 5.74) is 0.590. The van der Waals surface area contributed by atoms with E-state index in [0.29, 0.717) is 5.69 Å². The Morgan fingerprint density at radius 2 is 2.40 bits per heavy atom. The summed E-state index contributed by atoms with van der Waals surface area (Å²) >= 11 is 5.55. The number of hydrazone groups is 1. The van der Waals surface area contributed by atoms with Gasteiger partial charge in [-0.25, -0.2) is 0 Å². The number of hydrogen-bond donors (Lipinski definition) is 1. The predicted molar refractivity (Wildman–Crippen MR) is 40.8 cm³/mol. The molecule has 0 aromatic carbocycles. The summed E-state index contributed by atoms with van der Waals surface area (Å²) in [7, 11) is 0. The van der Waals surface area contributed by atoms with Crippen molar-refractivity contribution in [2.45, 2.75) is 0 Å². The molecule has 0 aliphatic heterocycles. The van der Waals surface area contributed by atoms with Crippen LogP contribution >= 0.6 is 11.6 Å². The first kappa shape index (κ1) is 7.02. The highest BCUT2D eigenvalue weighted by Gasteiger charge is 1.96. The average molecular weight is 156 g/mol. The fraction of sp³-hybridized carbons (Fsp3) is 0. The van der Waals surface area contributed by atoms with Gasteiger partial charge in [0.1, 0.15) is 5.69 Å². The summed E-state index contributed by atoms with van der Waals surface area (Å²) in [6, 6.07) is 5.35. The lowest BCUT2D eigenvalue weighted by atomic mass is 10.4. The van der Waals surface area contributed by atoms with E-state index in [0.717, 1.165) is 0 Å². The number of nitrogens with zero attached hydrogens (tertiary/aromatic N) is 2. The predicted octanol–water partition coefficient (Wildman–Crippen LogP) is 0.941. The molecule has 1 heterocycles. The summed E-state index contributed by atoms with van der Waals surface area (Å²) in [5, 5.41) is 3.50. The van der Waals surface area contributed by atoms with E-state index in [-0.39, 0.29) is 5.17 Å². The molecule has 1 aromatic rings. The molecule has 0 radical (unpaired) electrons. The van der Waals surface area contributed by atoms with Crippen molar-refractivity contribution in [1.29, 1.82) is 0 Å². The zero-order valence-electron chi connectivity index (χ0n) is 5.16. The maximum atomic E-state index is 5.55. The molecule has 0 fully saturated rings. The fourth-order valence-electron chi connectivity index (χ4n) is 0.551. The Bertz CT molecular complexity index is 232. The first-order chi connectivity index (χ1) is 4.84. The van der Waals surface area contributed by atoms with E-state index < -0.39 is 0 Å². The van der Waals surface area contributed by atoms with Crippen molar-refractivity contribution in [1.82, 2.24) is 4.98 Å². The van der Waals surface area contributed by atoms with E-state index >= 15 is 0 Å². The lowest BCUT2D eigenvalue weighted by Gasteiger charge is -1.91. The van der Waals surface area contributed by atoms with Gasteiger partial charge in [-0.3, -0.25) is 4.98 Å². The number of nitrogens with two attached hydrogens (primary N) is 1. The molecule has 0 atom stereocenters. The maximum absolute atomic E-state index is 5.55. The molecule has 1 aromatic heterocycles. The van der Waals surface area contributed by atoms with Gasteiger partial charge in [-0.1, -0.05) is 17.7 Å². The van der Waals surface area contributed by atoms with Crippen molar-refractivity contribution in [2.24, 2.45) is 10.9 Å². The van der Waals surface area contributed by atoms with Crippen molar-refractivity contribution < 1.29 is 0 Å². The second kappa shape index (κ2) is 3.17. The van der Waals surface area contributed by atoms with Crippen LogP contribution in [0.3, 0.4) is 0 Å². The topological polar surface area (TPSA) is 51.3 Å². The highest BCUT2D eigenvalue weighted by Crippen LogP contribution is 1.98. The van der Waals surface area contributed by atoms with E-state index in [1.165, 1.54) is 0 Å². The van der Waals surface area contributed by atoms with Gasteiger partial charge in [0.2, 0.25) is 0 Å². The first-order valence-electron chi connectivity index (χ1n) is 2.69. The third-order valence-electron chi connectivity index (χ3n) is 0.990. The van der Waals surface area contributed by atoms with E-state index in [9.17, 15) is 0 Å². The Hall–Kier alpha value is -1.09. The van der Waals surface area contributed by atoms with Crippen LogP contribution in [0.25, 0.3) is 0 Å². The van der Waals surface area contributed by atoms with Gasteiger partial charge in [0.05, 0.1) is 0 Å². The Morgan fingerprint density at radius 3 is 2.90 bits per heavy atom. The highest BCUT2D eigenvalue weighted by atomic mass is 35.5. The van der Waals surface area contributed by atoms with Gasteiger partial charge in [-0.05, 0) is 12.1 Å². The molecule has 0 saturated carbocycles. The molecule has 0 aliphatic carbocycles. The average Bonchev–Trinajstić information content (AvgIpc) is 2.05. The van der Waals surface area contributed by atoms with Crippen LogP contribution in [0.2, 0.25) is 0 Å². The van der Waals surface area contributed by atoms with E-state index in [4.69, 9.17) is 17.4 Å². The lowest BCUT2D eigenvalue weighted by molar-refractivity contribution is 1.23. The van der Waals surface area contributed by atoms with Crippen molar-refractivity contribution in [3.8, 4) is 0 Å².